The van der Waals surface area contributed by atoms with Crippen LogP contribution in [0.3, 0.4) is 0 Å². The fraction of sp³-hybridized carbons (Fsp3) is 0.312. The summed E-state index contributed by atoms with van der Waals surface area (Å²) in [6.45, 7) is 5.99. The van der Waals surface area contributed by atoms with Crippen LogP contribution in [0.1, 0.15) is 19.5 Å². The first-order valence-electron chi connectivity index (χ1n) is 6.85. The van der Waals surface area contributed by atoms with Crippen molar-refractivity contribution >= 4 is 23.2 Å². The minimum Gasteiger partial charge on any atom is -0.437 e. The summed E-state index contributed by atoms with van der Waals surface area (Å²) < 4.78 is 5.70. The summed E-state index contributed by atoms with van der Waals surface area (Å²) >= 11 is 12.1. The van der Waals surface area contributed by atoms with E-state index in [0.717, 1.165) is 12.2 Å². The van der Waals surface area contributed by atoms with Gasteiger partial charge < -0.3 is 10.1 Å². The Kier molecular flexibility index (Phi) is 5.85. The van der Waals surface area contributed by atoms with E-state index in [9.17, 15) is 0 Å². The SMILES string of the molecule is CC(C)CNCc1cccc(Oc2cccc(Cl)c2Cl)n1. The molecule has 0 spiro atoms. The van der Waals surface area contributed by atoms with Gasteiger partial charge in [0.1, 0.15) is 10.8 Å². The van der Waals surface area contributed by atoms with Gasteiger partial charge in [0.25, 0.3) is 0 Å². The van der Waals surface area contributed by atoms with Gasteiger partial charge in [0, 0.05) is 12.6 Å². The van der Waals surface area contributed by atoms with Crippen molar-refractivity contribution in [2.45, 2.75) is 20.4 Å². The lowest BCUT2D eigenvalue weighted by atomic mass is 10.2. The van der Waals surface area contributed by atoms with Crippen LogP contribution in [0.25, 0.3) is 0 Å². The van der Waals surface area contributed by atoms with Crippen molar-refractivity contribution < 1.29 is 4.74 Å². The average Bonchev–Trinajstić information content (AvgIpc) is 2.44. The molecule has 0 unspecified atom stereocenters. The number of hydrogen-bond donors (Lipinski definition) is 1. The molecule has 21 heavy (non-hydrogen) atoms. The molecule has 0 saturated carbocycles. The highest BCUT2D eigenvalue weighted by molar-refractivity contribution is 6.42. The van der Waals surface area contributed by atoms with E-state index >= 15 is 0 Å². The first-order chi connectivity index (χ1) is 10.1. The van der Waals surface area contributed by atoms with E-state index in [-0.39, 0.29) is 0 Å². The molecule has 0 aliphatic carbocycles. The highest BCUT2D eigenvalue weighted by Crippen LogP contribution is 2.33. The van der Waals surface area contributed by atoms with Gasteiger partial charge in [-0.1, -0.05) is 49.2 Å². The van der Waals surface area contributed by atoms with Gasteiger partial charge >= 0.3 is 0 Å². The van der Waals surface area contributed by atoms with Gasteiger partial charge in [0.15, 0.2) is 0 Å². The number of halogens is 2. The van der Waals surface area contributed by atoms with E-state index in [1.165, 1.54) is 0 Å². The number of nitrogens with zero attached hydrogens (tertiary/aromatic N) is 1. The molecule has 0 fully saturated rings. The quantitative estimate of drug-likeness (QED) is 0.818. The summed E-state index contributed by atoms with van der Waals surface area (Å²) in [4.78, 5) is 4.45. The van der Waals surface area contributed by atoms with Crippen molar-refractivity contribution in [2.75, 3.05) is 6.54 Å². The summed E-state index contributed by atoms with van der Waals surface area (Å²) in [6, 6.07) is 10.9. The van der Waals surface area contributed by atoms with E-state index in [0.29, 0.717) is 34.1 Å². The van der Waals surface area contributed by atoms with Crippen molar-refractivity contribution in [3.63, 3.8) is 0 Å². The van der Waals surface area contributed by atoms with E-state index in [2.05, 4.69) is 24.1 Å². The minimum atomic E-state index is 0.393. The largest absolute Gasteiger partial charge is 0.437 e. The van der Waals surface area contributed by atoms with Gasteiger partial charge in [-0.3, -0.25) is 0 Å². The lowest BCUT2D eigenvalue weighted by Crippen LogP contribution is -2.19. The van der Waals surface area contributed by atoms with Crippen LogP contribution in [0.15, 0.2) is 36.4 Å². The number of nitrogens with one attached hydrogen (secondary N) is 1. The third-order valence-electron chi connectivity index (χ3n) is 2.77. The summed E-state index contributed by atoms with van der Waals surface area (Å²) in [5, 5.41) is 4.20. The third-order valence-corrected chi connectivity index (χ3v) is 3.57. The highest BCUT2D eigenvalue weighted by Gasteiger charge is 2.07. The Morgan fingerprint density at radius 1 is 1.14 bits per heavy atom. The molecular weight excluding hydrogens is 307 g/mol. The molecule has 2 rings (SSSR count). The lowest BCUT2D eigenvalue weighted by molar-refractivity contribution is 0.458. The molecule has 1 heterocycles. The second kappa shape index (κ2) is 7.64. The summed E-state index contributed by atoms with van der Waals surface area (Å²) in [7, 11) is 0. The van der Waals surface area contributed by atoms with Gasteiger partial charge in [-0.15, -0.1) is 0 Å². The lowest BCUT2D eigenvalue weighted by Gasteiger charge is -2.10. The van der Waals surface area contributed by atoms with Crippen LogP contribution >= 0.6 is 23.2 Å². The van der Waals surface area contributed by atoms with Crippen LogP contribution in [-0.2, 0) is 6.54 Å². The van der Waals surface area contributed by atoms with Crippen LogP contribution < -0.4 is 10.1 Å². The number of aromatic nitrogens is 1. The first kappa shape index (κ1) is 16.1. The Morgan fingerprint density at radius 3 is 2.67 bits per heavy atom. The molecule has 0 aliphatic rings. The number of hydrogen-bond acceptors (Lipinski definition) is 3. The number of benzene rings is 1. The van der Waals surface area contributed by atoms with Crippen LogP contribution in [0.5, 0.6) is 11.6 Å². The van der Waals surface area contributed by atoms with Crippen LogP contribution in [-0.4, -0.2) is 11.5 Å². The molecular formula is C16H18Cl2N2O. The third kappa shape index (κ3) is 4.88. The molecule has 0 atom stereocenters. The molecule has 0 amide bonds. The van der Waals surface area contributed by atoms with Crippen LogP contribution in [0.4, 0.5) is 0 Å². The fourth-order valence-corrected chi connectivity index (χ4v) is 2.11. The van der Waals surface area contributed by atoms with E-state index in [4.69, 9.17) is 27.9 Å². The number of pyridine rings is 1. The molecule has 0 radical (unpaired) electrons. The summed E-state index contributed by atoms with van der Waals surface area (Å²) in [6.07, 6.45) is 0. The number of rotatable bonds is 6. The molecule has 5 heteroatoms. The Balaban J connectivity index is 2.05. The average molecular weight is 325 g/mol. The van der Waals surface area contributed by atoms with Crippen LogP contribution in [0, 0.1) is 5.92 Å². The Labute approximate surface area is 135 Å². The smallest absolute Gasteiger partial charge is 0.219 e. The van der Waals surface area contributed by atoms with Crippen molar-refractivity contribution in [3.8, 4) is 11.6 Å². The Morgan fingerprint density at radius 2 is 1.90 bits per heavy atom. The van der Waals surface area contributed by atoms with Crippen molar-refractivity contribution in [2.24, 2.45) is 5.92 Å². The maximum Gasteiger partial charge on any atom is 0.219 e. The van der Waals surface area contributed by atoms with Gasteiger partial charge in [-0.25, -0.2) is 4.98 Å². The van der Waals surface area contributed by atoms with E-state index < -0.39 is 0 Å². The van der Waals surface area contributed by atoms with Gasteiger partial charge in [0.2, 0.25) is 5.88 Å². The molecule has 3 nitrogen and oxygen atoms in total. The van der Waals surface area contributed by atoms with Gasteiger partial charge in [-0.05, 0) is 30.7 Å². The van der Waals surface area contributed by atoms with Gasteiger partial charge in [-0.2, -0.15) is 0 Å². The van der Waals surface area contributed by atoms with E-state index in [1.807, 2.05) is 12.1 Å². The Bertz CT molecular complexity index is 603. The van der Waals surface area contributed by atoms with Crippen molar-refractivity contribution in [1.29, 1.82) is 0 Å². The maximum atomic E-state index is 6.10. The van der Waals surface area contributed by atoms with Crippen molar-refractivity contribution in [3.05, 3.63) is 52.1 Å². The molecule has 0 saturated heterocycles. The van der Waals surface area contributed by atoms with Crippen molar-refractivity contribution in [1.82, 2.24) is 10.3 Å². The molecule has 2 aromatic rings. The molecule has 1 N–H and O–H groups in total. The molecule has 1 aromatic heterocycles. The summed E-state index contributed by atoms with van der Waals surface area (Å²) in [5.74, 6) is 1.61. The standard InChI is InChI=1S/C16H18Cl2N2O/c1-11(2)9-19-10-12-5-3-8-15(20-12)21-14-7-4-6-13(17)16(14)18/h3-8,11,19H,9-10H2,1-2H3. The van der Waals surface area contributed by atoms with Crippen LogP contribution in [0.2, 0.25) is 10.0 Å². The zero-order valence-corrected chi connectivity index (χ0v) is 13.6. The Hall–Kier alpha value is -1.29. The fourth-order valence-electron chi connectivity index (χ4n) is 1.78. The molecule has 1 aromatic carbocycles. The summed E-state index contributed by atoms with van der Waals surface area (Å²) in [5.41, 5.74) is 0.923. The highest BCUT2D eigenvalue weighted by atomic mass is 35.5. The van der Waals surface area contributed by atoms with Gasteiger partial charge in [0.05, 0.1) is 10.7 Å². The zero-order chi connectivity index (χ0) is 15.2. The normalized spacial score (nSPS) is 10.9. The second-order valence-corrected chi connectivity index (χ2v) is 5.93. The molecule has 0 bridgehead atoms. The first-order valence-corrected chi connectivity index (χ1v) is 7.60. The monoisotopic (exact) mass is 324 g/mol. The predicted molar refractivity (Wildman–Crippen MR) is 87.3 cm³/mol. The molecule has 112 valence electrons. The second-order valence-electron chi connectivity index (χ2n) is 5.15. The predicted octanol–water partition coefficient (Wildman–Crippen LogP) is 4.93. The number of ether oxygens (including phenoxy) is 1. The molecule has 0 aliphatic heterocycles. The topological polar surface area (TPSA) is 34.1 Å². The van der Waals surface area contributed by atoms with E-state index in [1.54, 1.807) is 24.3 Å². The zero-order valence-electron chi connectivity index (χ0n) is 12.1. The minimum absolute atomic E-state index is 0.393. The maximum absolute atomic E-state index is 6.10.